The number of halogens is 3. The van der Waals surface area contributed by atoms with Gasteiger partial charge in [0, 0.05) is 12.2 Å². The van der Waals surface area contributed by atoms with Crippen molar-refractivity contribution in [1.82, 2.24) is 5.32 Å². The molecule has 3 aromatic rings. The number of alkyl halides is 3. The van der Waals surface area contributed by atoms with E-state index < -0.39 is 27.6 Å². The predicted octanol–water partition coefficient (Wildman–Crippen LogP) is 5.46. The van der Waals surface area contributed by atoms with Crippen LogP contribution < -0.4 is 10.0 Å². The average Bonchev–Trinajstić information content (AvgIpc) is 3.72. The average molecular weight is 577 g/mol. The van der Waals surface area contributed by atoms with Gasteiger partial charge in [0.25, 0.3) is 10.0 Å². The van der Waals surface area contributed by atoms with E-state index in [0.29, 0.717) is 12.2 Å². The number of hydrogen-bond acceptors (Lipinski definition) is 4. The van der Waals surface area contributed by atoms with E-state index >= 15 is 0 Å². The van der Waals surface area contributed by atoms with Crippen molar-refractivity contribution >= 4 is 27.6 Å². The summed E-state index contributed by atoms with van der Waals surface area (Å²) < 4.78 is 59.8. The molecule has 1 aliphatic carbocycles. The minimum Gasteiger partial charge on any atom is -0.475 e. The highest BCUT2D eigenvalue weighted by atomic mass is 32.2. The van der Waals surface area contributed by atoms with Crippen LogP contribution in [0, 0.1) is 0 Å². The highest BCUT2D eigenvalue weighted by Crippen LogP contribution is 2.48. The van der Waals surface area contributed by atoms with Gasteiger partial charge in [0.1, 0.15) is 0 Å². The van der Waals surface area contributed by atoms with Crippen LogP contribution >= 0.6 is 0 Å². The van der Waals surface area contributed by atoms with E-state index in [4.69, 9.17) is 9.90 Å². The Morgan fingerprint density at radius 1 is 0.875 bits per heavy atom. The van der Waals surface area contributed by atoms with Gasteiger partial charge in [-0.1, -0.05) is 67.9 Å². The van der Waals surface area contributed by atoms with Gasteiger partial charge in [-0.3, -0.25) is 9.52 Å². The number of aryl methyl sites for hydroxylation is 1. The van der Waals surface area contributed by atoms with Crippen LogP contribution in [0.2, 0.25) is 0 Å². The zero-order valence-corrected chi connectivity index (χ0v) is 22.7. The summed E-state index contributed by atoms with van der Waals surface area (Å²) in [6, 6.07) is 24.2. The highest BCUT2D eigenvalue weighted by molar-refractivity contribution is 7.92. The molecule has 3 N–H and O–H groups in total. The fraction of sp³-hybridized carbons (Fsp3) is 0.310. The summed E-state index contributed by atoms with van der Waals surface area (Å²) in [6.07, 6.45) is -0.735. The first-order valence-electron chi connectivity index (χ1n) is 12.7. The van der Waals surface area contributed by atoms with Gasteiger partial charge in [-0.05, 0) is 66.6 Å². The van der Waals surface area contributed by atoms with Crippen LogP contribution in [0.3, 0.4) is 0 Å². The molecule has 1 saturated carbocycles. The van der Waals surface area contributed by atoms with E-state index in [1.165, 1.54) is 5.56 Å². The topological polar surface area (TPSA) is 113 Å². The lowest BCUT2D eigenvalue weighted by Gasteiger charge is -2.17. The molecule has 0 aromatic heterocycles. The van der Waals surface area contributed by atoms with Gasteiger partial charge in [0.05, 0.1) is 10.3 Å². The Hall–Kier alpha value is -3.86. The summed E-state index contributed by atoms with van der Waals surface area (Å²) in [4.78, 5) is 22.0. The third kappa shape index (κ3) is 8.32. The maximum Gasteiger partial charge on any atom is 0.490 e. The molecule has 0 unspecified atom stereocenters. The molecule has 11 heteroatoms. The van der Waals surface area contributed by atoms with Gasteiger partial charge >= 0.3 is 12.1 Å². The second-order valence-corrected chi connectivity index (χ2v) is 11.1. The maximum atomic E-state index is 12.9. The number of rotatable bonds is 10. The number of nitrogens with one attached hydrogen (secondary N) is 2. The molecule has 214 valence electrons. The highest BCUT2D eigenvalue weighted by Gasteiger charge is 2.51. The van der Waals surface area contributed by atoms with Crippen molar-refractivity contribution in [1.29, 1.82) is 0 Å². The molecule has 0 spiro atoms. The van der Waals surface area contributed by atoms with E-state index in [-0.39, 0.29) is 10.8 Å². The molecule has 7 nitrogen and oxygen atoms in total. The Bertz CT molecular complexity index is 1390. The third-order valence-electron chi connectivity index (χ3n) is 6.43. The molecular formula is C29H31F3N2O5S. The van der Waals surface area contributed by atoms with E-state index in [1.807, 2.05) is 42.5 Å². The second-order valence-electron chi connectivity index (χ2n) is 9.45. The van der Waals surface area contributed by atoms with Crippen LogP contribution in [-0.4, -0.2) is 38.1 Å². The zero-order chi connectivity index (χ0) is 29.4. The summed E-state index contributed by atoms with van der Waals surface area (Å²) in [5.74, 6) is -2.72. The first kappa shape index (κ1) is 30.7. The lowest BCUT2D eigenvalue weighted by Crippen LogP contribution is -2.35. The summed E-state index contributed by atoms with van der Waals surface area (Å²) in [5.41, 5.74) is 3.23. The maximum absolute atomic E-state index is 12.9. The molecule has 0 bridgehead atoms. The third-order valence-corrected chi connectivity index (χ3v) is 7.83. The Balaban J connectivity index is 0.000000559. The molecule has 0 heterocycles. The van der Waals surface area contributed by atoms with Crippen LogP contribution in [-0.2, 0) is 37.9 Å². The van der Waals surface area contributed by atoms with Crippen molar-refractivity contribution in [3.63, 3.8) is 0 Å². The van der Waals surface area contributed by atoms with Crippen LogP contribution in [0.1, 0.15) is 42.9 Å². The summed E-state index contributed by atoms with van der Waals surface area (Å²) in [7, 11) is -3.66. The molecule has 1 amide bonds. The lowest BCUT2D eigenvalue weighted by molar-refractivity contribution is -0.192. The Kier molecular flexibility index (Phi) is 9.97. The number of amides is 1. The van der Waals surface area contributed by atoms with Crippen LogP contribution in [0.15, 0.2) is 83.8 Å². The number of aliphatic carboxylic acids is 1. The van der Waals surface area contributed by atoms with Crippen molar-refractivity contribution < 1.29 is 36.3 Å². The number of carbonyl (C=O) groups excluding carboxylic acids is 1. The number of carbonyl (C=O) groups is 2. The Labute approximate surface area is 231 Å². The summed E-state index contributed by atoms with van der Waals surface area (Å²) in [6.45, 7) is 2.69. The fourth-order valence-electron chi connectivity index (χ4n) is 4.10. The van der Waals surface area contributed by atoms with Gasteiger partial charge in [0.2, 0.25) is 5.91 Å². The lowest BCUT2D eigenvalue weighted by atomic mass is 9.94. The molecule has 4 rings (SSSR count). The predicted molar refractivity (Wildman–Crippen MR) is 145 cm³/mol. The first-order chi connectivity index (χ1) is 18.9. The van der Waals surface area contributed by atoms with Crippen molar-refractivity contribution in [3.05, 3.63) is 95.6 Å². The Morgan fingerprint density at radius 3 is 1.93 bits per heavy atom. The first-order valence-corrected chi connectivity index (χ1v) is 14.2. The van der Waals surface area contributed by atoms with E-state index in [2.05, 4.69) is 29.1 Å². The number of carboxylic acid groups (broad SMARTS) is 1. The van der Waals surface area contributed by atoms with Gasteiger partial charge in [-0.15, -0.1) is 0 Å². The second kappa shape index (κ2) is 13.0. The van der Waals surface area contributed by atoms with E-state index in [1.54, 1.807) is 24.3 Å². The standard InChI is InChI=1S/C27H30N2O3S.C2HF3O2/c1-2-6-21-9-15-25(16-10-21)33(31,32)29-24-13-11-23(12-14-24)27(18-19-27)26(30)28-20-17-22-7-4-3-5-8-22;3-2(4,5)1(6)7/h3-5,7-16,29H,2,6,17-20H2,1H3,(H,28,30);(H,6,7). The quantitative estimate of drug-likeness (QED) is 0.297. The molecule has 0 radical (unpaired) electrons. The van der Waals surface area contributed by atoms with Gasteiger partial charge in [0.15, 0.2) is 0 Å². The number of hydrogen-bond donors (Lipinski definition) is 3. The van der Waals surface area contributed by atoms with E-state index in [9.17, 15) is 26.4 Å². The minimum absolute atomic E-state index is 0.0407. The normalized spacial score (nSPS) is 13.9. The van der Waals surface area contributed by atoms with Crippen LogP contribution in [0.5, 0.6) is 0 Å². The Morgan fingerprint density at radius 2 is 1.43 bits per heavy atom. The van der Waals surface area contributed by atoms with Crippen molar-refractivity contribution in [2.75, 3.05) is 11.3 Å². The van der Waals surface area contributed by atoms with Crippen molar-refractivity contribution in [2.45, 2.75) is 55.5 Å². The molecule has 1 aliphatic rings. The molecule has 40 heavy (non-hydrogen) atoms. The van der Waals surface area contributed by atoms with Gasteiger partial charge < -0.3 is 10.4 Å². The smallest absolute Gasteiger partial charge is 0.475 e. The summed E-state index contributed by atoms with van der Waals surface area (Å²) in [5, 5.41) is 10.2. The molecule has 1 fully saturated rings. The molecule has 3 aromatic carbocycles. The molecule has 0 aliphatic heterocycles. The number of sulfonamides is 1. The monoisotopic (exact) mass is 576 g/mol. The number of benzene rings is 3. The number of carboxylic acids is 1. The molecular weight excluding hydrogens is 545 g/mol. The van der Waals surface area contributed by atoms with Crippen LogP contribution in [0.4, 0.5) is 18.9 Å². The van der Waals surface area contributed by atoms with Crippen LogP contribution in [0.25, 0.3) is 0 Å². The largest absolute Gasteiger partial charge is 0.490 e. The SMILES string of the molecule is CCCc1ccc(S(=O)(=O)Nc2ccc(C3(C(=O)NCCc4ccccc4)CC3)cc2)cc1.O=C(O)C(F)(F)F. The van der Waals surface area contributed by atoms with Gasteiger partial charge in [-0.2, -0.15) is 13.2 Å². The molecule has 0 atom stereocenters. The molecule has 0 saturated heterocycles. The number of anilines is 1. The summed E-state index contributed by atoms with van der Waals surface area (Å²) >= 11 is 0. The van der Waals surface area contributed by atoms with Crippen molar-refractivity contribution in [3.8, 4) is 0 Å². The van der Waals surface area contributed by atoms with E-state index in [0.717, 1.165) is 43.2 Å². The van der Waals surface area contributed by atoms with Crippen molar-refractivity contribution in [2.24, 2.45) is 0 Å². The van der Waals surface area contributed by atoms with Gasteiger partial charge in [-0.25, -0.2) is 13.2 Å². The zero-order valence-electron chi connectivity index (χ0n) is 21.9. The minimum atomic E-state index is -5.08. The fourth-order valence-corrected chi connectivity index (χ4v) is 5.16.